The van der Waals surface area contributed by atoms with Gasteiger partial charge in [-0.3, -0.25) is 0 Å². The summed E-state index contributed by atoms with van der Waals surface area (Å²) in [5.74, 6) is 0.101. The maximum atomic E-state index is 12.0. The van der Waals surface area contributed by atoms with E-state index in [1.165, 1.54) is 0 Å². The molecular weight excluding hydrogens is 594 g/mol. The summed E-state index contributed by atoms with van der Waals surface area (Å²) in [6.07, 6.45) is -1.90. The fourth-order valence-corrected chi connectivity index (χ4v) is 6.02. The van der Waals surface area contributed by atoms with E-state index in [4.69, 9.17) is 9.47 Å². The van der Waals surface area contributed by atoms with Crippen LogP contribution in [0.1, 0.15) is 60.2 Å². The lowest BCUT2D eigenvalue weighted by Gasteiger charge is -2.42. The van der Waals surface area contributed by atoms with E-state index >= 15 is 0 Å². The molecule has 47 heavy (non-hydrogen) atoms. The van der Waals surface area contributed by atoms with Gasteiger partial charge in [-0.15, -0.1) is 0 Å². The Morgan fingerprint density at radius 1 is 0.915 bits per heavy atom. The summed E-state index contributed by atoms with van der Waals surface area (Å²) in [5.41, 5.74) is 6.41. The van der Waals surface area contributed by atoms with Crippen LogP contribution in [0.25, 0.3) is 11.1 Å². The fraction of sp³-hybridized carbons (Fsp3) is 0.342. The van der Waals surface area contributed by atoms with Crippen molar-refractivity contribution in [1.29, 1.82) is 0 Å². The Morgan fingerprint density at radius 3 is 2.34 bits per heavy atom. The third-order valence-electron chi connectivity index (χ3n) is 8.64. The minimum absolute atomic E-state index is 0.0184. The standard InChI is InChI=1S/C38H45N3O6/c1-4-39-38(45)40-21-31-8-5-6-11-33(31)27-16-18-29(19-17-27)37-46-35(23-41(3)22-34(44)30-9-7-10-32(43)20-30)25(2)36(47-37)28-14-12-26(24-42)13-15-28/h5-20,25,34-37,42-44H,4,21-24H2,1-3H3,(H2,39,40,45). The number of urea groups is 1. The van der Waals surface area contributed by atoms with Crippen molar-refractivity contribution in [2.24, 2.45) is 5.92 Å². The molecule has 1 aliphatic rings. The van der Waals surface area contributed by atoms with E-state index < -0.39 is 12.4 Å². The number of aliphatic hydroxyl groups is 2. The Labute approximate surface area is 276 Å². The Balaban J connectivity index is 1.35. The van der Waals surface area contributed by atoms with Crippen molar-refractivity contribution < 1.29 is 29.6 Å². The average Bonchev–Trinajstić information content (AvgIpc) is 3.08. The number of carbonyl (C=O) groups is 1. The number of phenols is 1. The number of aliphatic hydroxyl groups excluding tert-OH is 2. The first kappa shape index (κ1) is 34.1. The van der Waals surface area contributed by atoms with E-state index in [2.05, 4.69) is 17.6 Å². The van der Waals surface area contributed by atoms with Gasteiger partial charge < -0.3 is 40.3 Å². The molecular formula is C38H45N3O6. The number of hydrogen-bond donors (Lipinski definition) is 5. The summed E-state index contributed by atoms with van der Waals surface area (Å²) >= 11 is 0. The minimum Gasteiger partial charge on any atom is -0.508 e. The van der Waals surface area contributed by atoms with Crippen molar-refractivity contribution in [2.45, 2.75) is 51.6 Å². The maximum Gasteiger partial charge on any atom is 0.315 e. The van der Waals surface area contributed by atoms with Gasteiger partial charge in [-0.2, -0.15) is 0 Å². The van der Waals surface area contributed by atoms with Gasteiger partial charge in [0.15, 0.2) is 6.29 Å². The number of nitrogens with zero attached hydrogens (tertiary/aromatic N) is 1. The van der Waals surface area contributed by atoms with Crippen LogP contribution in [0.2, 0.25) is 0 Å². The highest BCUT2D eigenvalue weighted by Gasteiger charge is 2.39. The molecule has 9 heteroatoms. The molecule has 5 unspecified atom stereocenters. The van der Waals surface area contributed by atoms with Gasteiger partial charge in [0.2, 0.25) is 0 Å². The van der Waals surface area contributed by atoms with Gasteiger partial charge in [0.1, 0.15) is 5.75 Å². The van der Waals surface area contributed by atoms with Crippen LogP contribution in [0.15, 0.2) is 97.1 Å². The highest BCUT2D eigenvalue weighted by molar-refractivity contribution is 5.74. The smallest absolute Gasteiger partial charge is 0.315 e. The van der Waals surface area contributed by atoms with Gasteiger partial charge in [0.05, 0.1) is 24.9 Å². The second kappa shape index (κ2) is 16.0. The van der Waals surface area contributed by atoms with Crippen LogP contribution in [0, 0.1) is 5.92 Å². The van der Waals surface area contributed by atoms with Crippen LogP contribution in [-0.4, -0.2) is 59.0 Å². The lowest BCUT2D eigenvalue weighted by Crippen LogP contribution is -2.44. The van der Waals surface area contributed by atoms with Crippen LogP contribution in [0.5, 0.6) is 5.75 Å². The van der Waals surface area contributed by atoms with Crippen molar-refractivity contribution in [3.8, 4) is 16.9 Å². The molecule has 2 amide bonds. The summed E-state index contributed by atoms with van der Waals surface area (Å²) in [4.78, 5) is 14.0. The molecule has 1 fully saturated rings. The number of phenolic OH excluding ortho intramolecular Hbond substituents is 1. The summed E-state index contributed by atoms with van der Waals surface area (Å²) in [6.45, 7) is 5.84. The second-order valence-corrected chi connectivity index (χ2v) is 12.1. The summed E-state index contributed by atoms with van der Waals surface area (Å²) in [7, 11) is 1.95. The average molecular weight is 640 g/mol. The molecule has 1 heterocycles. The zero-order valence-corrected chi connectivity index (χ0v) is 27.2. The summed E-state index contributed by atoms with van der Waals surface area (Å²) < 4.78 is 13.3. The van der Waals surface area contributed by atoms with Crippen LogP contribution in [0.4, 0.5) is 4.79 Å². The van der Waals surface area contributed by atoms with Crippen molar-refractivity contribution >= 4 is 6.03 Å². The zero-order valence-electron chi connectivity index (χ0n) is 27.2. The first-order valence-corrected chi connectivity index (χ1v) is 16.1. The molecule has 4 aromatic rings. The van der Waals surface area contributed by atoms with Crippen LogP contribution >= 0.6 is 0 Å². The first-order valence-electron chi connectivity index (χ1n) is 16.1. The Hall–Kier alpha value is -4.25. The molecule has 5 atom stereocenters. The predicted octanol–water partition coefficient (Wildman–Crippen LogP) is 5.83. The molecule has 4 aromatic carbocycles. The van der Waals surface area contributed by atoms with Gasteiger partial charge >= 0.3 is 6.03 Å². The van der Waals surface area contributed by atoms with E-state index in [1.807, 2.05) is 91.7 Å². The summed E-state index contributed by atoms with van der Waals surface area (Å²) in [6, 6.07) is 30.4. The number of aromatic hydroxyl groups is 1. The highest BCUT2D eigenvalue weighted by atomic mass is 16.7. The van der Waals surface area contributed by atoms with Crippen molar-refractivity contribution in [3.63, 3.8) is 0 Å². The predicted molar refractivity (Wildman–Crippen MR) is 181 cm³/mol. The fourth-order valence-electron chi connectivity index (χ4n) is 6.02. The molecule has 5 N–H and O–H groups in total. The topological polar surface area (TPSA) is 124 Å². The van der Waals surface area contributed by atoms with Crippen molar-refractivity contribution in [2.75, 3.05) is 26.7 Å². The quantitative estimate of drug-likeness (QED) is 0.132. The van der Waals surface area contributed by atoms with Crippen LogP contribution in [0.3, 0.4) is 0 Å². The van der Waals surface area contributed by atoms with E-state index in [-0.39, 0.29) is 36.5 Å². The Kier molecular flexibility index (Phi) is 11.6. The van der Waals surface area contributed by atoms with Gasteiger partial charge in [-0.05, 0) is 59.5 Å². The number of amides is 2. The SMILES string of the molecule is CCNC(=O)NCc1ccccc1-c1ccc(C2OC(CN(C)CC(O)c3cccc(O)c3)C(C)C(c3ccc(CO)cc3)O2)cc1. The number of rotatable bonds is 12. The second-order valence-electron chi connectivity index (χ2n) is 12.1. The molecule has 0 spiro atoms. The molecule has 5 rings (SSSR count). The van der Waals surface area contributed by atoms with Crippen LogP contribution < -0.4 is 10.6 Å². The number of nitrogens with one attached hydrogen (secondary N) is 2. The molecule has 9 nitrogen and oxygen atoms in total. The lowest BCUT2D eigenvalue weighted by molar-refractivity contribution is -0.276. The van der Waals surface area contributed by atoms with E-state index in [0.717, 1.165) is 33.4 Å². The molecule has 0 aromatic heterocycles. The minimum atomic E-state index is -0.772. The number of ether oxygens (including phenoxy) is 2. The first-order chi connectivity index (χ1) is 22.7. The van der Waals surface area contributed by atoms with Crippen molar-refractivity contribution in [1.82, 2.24) is 15.5 Å². The normalized spacial score (nSPS) is 20.1. The number of carbonyl (C=O) groups excluding carboxylic acids is 1. The maximum absolute atomic E-state index is 12.0. The van der Waals surface area contributed by atoms with Gasteiger partial charge in [-0.1, -0.05) is 91.9 Å². The zero-order chi connectivity index (χ0) is 33.3. The third kappa shape index (κ3) is 8.77. The summed E-state index contributed by atoms with van der Waals surface area (Å²) in [5, 5.41) is 36.0. The lowest BCUT2D eigenvalue weighted by atomic mass is 9.90. The van der Waals surface area contributed by atoms with Crippen molar-refractivity contribution in [3.05, 3.63) is 125 Å². The van der Waals surface area contributed by atoms with Gasteiger partial charge in [0.25, 0.3) is 0 Å². The Morgan fingerprint density at radius 2 is 1.64 bits per heavy atom. The monoisotopic (exact) mass is 639 g/mol. The largest absolute Gasteiger partial charge is 0.508 e. The van der Waals surface area contributed by atoms with E-state index in [9.17, 15) is 20.1 Å². The van der Waals surface area contributed by atoms with Crippen LogP contribution in [-0.2, 0) is 22.6 Å². The number of benzene rings is 4. The highest BCUT2D eigenvalue weighted by Crippen LogP contribution is 2.42. The molecule has 0 aliphatic carbocycles. The van der Waals surface area contributed by atoms with Gasteiger partial charge in [0, 0.05) is 37.7 Å². The number of hydrogen-bond acceptors (Lipinski definition) is 7. The molecule has 1 aliphatic heterocycles. The van der Waals surface area contributed by atoms with E-state index in [0.29, 0.717) is 31.7 Å². The molecule has 0 bridgehead atoms. The number of likely N-dealkylation sites (N-methyl/N-ethyl adjacent to an activating group) is 1. The molecule has 1 saturated heterocycles. The molecule has 248 valence electrons. The molecule has 0 saturated carbocycles. The van der Waals surface area contributed by atoms with Gasteiger partial charge in [-0.25, -0.2) is 4.79 Å². The third-order valence-corrected chi connectivity index (χ3v) is 8.64. The van der Waals surface area contributed by atoms with E-state index in [1.54, 1.807) is 24.3 Å². The Bertz CT molecular complexity index is 1600. The molecule has 0 radical (unpaired) electrons.